The number of amides is 1. The van der Waals surface area contributed by atoms with E-state index in [9.17, 15) is 9.59 Å². The summed E-state index contributed by atoms with van der Waals surface area (Å²) < 4.78 is 1.46. The molecule has 3 aromatic heterocycles. The SMILES string of the molecule is CC(C)n1c(=O)[nH]c2c(C(N)=O)nc(-c3cccnc3)nc21. The Kier molecular flexibility index (Phi) is 3.21. The van der Waals surface area contributed by atoms with E-state index in [1.165, 1.54) is 4.57 Å². The molecule has 0 aliphatic carbocycles. The second kappa shape index (κ2) is 5.06. The third-order valence-electron chi connectivity index (χ3n) is 3.24. The summed E-state index contributed by atoms with van der Waals surface area (Å²) in [5.74, 6) is -0.433. The van der Waals surface area contributed by atoms with Gasteiger partial charge in [-0.05, 0) is 26.0 Å². The lowest BCUT2D eigenvalue weighted by atomic mass is 10.2. The van der Waals surface area contributed by atoms with E-state index in [2.05, 4.69) is 19.9 Å². The number of nitrogens with one attached hydrogen (secondary N) is 1. The molecule has 22 heavy (non-hydrogen) atoms. The number of nitrogens with two attached hydrogens (primary N) is 1. The summed E-state index contributed by atoms with van der Waals surface area (Å²) in [5, 5.41) is 0. The molecule has 0 spiro atoms. The zero-order chi connectivity index (χ0) is 15.9. The molecule has 0 fully saturated rings. The summed E-state index contributed by atoms with van der Waals surface area (Å²) in [5.41, 5.74) is 6.25. The summed E-state index contributed by atoms with van der Waals surface area (Å²) in [6.45, 7) is 3.70. The van der Waals surface area contributed by atoms with Gasteiger partial charge in [-0.2, -0.15) is 0 Å². The van der Waals surface area contributed by atoms with Gasteiger partial charge in [0.15, 0.2) is 17.2 Å². The van der Waals surface area contributed by atoms with Gasteiger partial charge in [-0.15, -0.1) is 0 Å². The zero-order valence-corrected chi connectivity index (χ0v) is 12.1. The Balaban J connectivity index is 2.40. The predicted molar refractivity (Wildman–Crippen MR) is 80.3 cm³/mol. The molecule has 0 aliphatic rings. The van der Waals surface area contributed by atoms with Crippen LogP contribution in [0.15, 0.2) is 29.3 Å². The van der Waals surface area contributed by atoms with Crippen LogP contribution in [-0.4, -0.2) is 30.4 Å². The standard InChI is InChI=1S/C14H14N6O2/c1-7(2)20-13-10(18-14(20)22)9(11(15)21)17-12(19-13)8-4-3-5-16-6-8/h3-7H,1-2H3,(H2,15,21)(H,18,22). The molecule has 3 N–H and O–H groups in total. The number of aromatic amines is 1. The number of rotatable bonds is 3. The molecule has 8 heteroatoms. The van der Waals surface area contributed by atoms with E-state index < -0.39 is 5.91 Å². The lowest BCUT2D eigenvalue weighted by molar-refractivity contribution is 0.0997. The third kappa shape index (κ3) is 2.14. The second-order valence-corrected chi connectivity index (χ2v) is 5.09. The van der Waals surface area contributed by atoms with Crippen LogP contribution < -0.4 is 11.4 Å². The maximum atomic E-state index is 12.1. The summed E-state index contributed by atoms with van der Waals surface area (Å²) in [6, 6.07) is 3.38. The topological polar surface area (TPSA) is 120 Å². The monoisotopic (exact) mass is 298 g/mol. The normalized spacial score (nSPS) is 11.2. The van der Waals surface area contributed by atoms with Crippen molar-refractivity contribution < 1.29 is 4.79 Å². The molecule has 0 bridgehead atoms. The first-order valence-electron chi connectivity index (χ1n) is 6.71. The second-order valence-electron chi connectivity index (χ2n) is 5.09. The van der Waals surface area contributed by atoms with Gasteiger partial charge >= 0.3 is 5.69 Å². The van der Waals surface area contributed by atoms with Gasteiger partial charge < -0.3 is 10.7 Å². The van der Waals surface area contributed by atoms with Crippen LogP contribution in [0.4, 0.5) is 0 Å². The van der Waals surface area contributed by atoms with Crippen molar-refractivity contribution in [1.29, 1.82) is 0 Å². The van der Waals surface area contributed by atoms with Gasteiger partial charge in [0.1, 0.15) is 5.52 Å². The molecule has 8 nitrogen and oxygen atoms in total. The van der Waals surface area contributed by atoms with Crippen LogP contribution in [0, 0.1) is 0 Å². The Labute approximate surface area is 125 Å². The van der Waals surface area contributed by atoms with E-state index in [1.54, 1.807) is 24.5 Å². The highest BCUT2D eigenvalue weighted by atomic mass is 16.2. The average Bonchev–Trinajstić information content (AvgIpc) is 2.82. The Morgan fingerprint density at radius 2 is 2.14 bits per heavy atom. The van der Waals surface area contributed by atoms with Crippen molar-refractivity contribution in [1.82, 2.24) is 24.5 Å². The summed E-state index contributed by atoms with van der Waals surface area (Å²) in [7, 11) is 0. The minimum absolute atomic E-state index is 0.0136. The Morgan fingerprint density at radius 3 is 2.73 bits per heavy atom. The number of imidazole rings is 1. The fraction of sp³-hybridized carbons (Fsp3) is 0.214. The van der Waals surface area contributed by atoms with Crippen molar-refractivity contribution in [3.8, 4) is 11.4 Å². The molecule has 1 amide bonds. The fourth-order valence-electron chi connectivity index (χ4n) is 2.28. The summed E-state index contributed by atoms with van der Waals surface area (Å²) >= 11 is 0. The number of carbonyl (C=O) groups is 1. The highest BCUT2D eigenvalue weighted by molar-refractivity contribution is 6.01. The van der Waals surface area contributed by atoms with E-state index in [0.29, 0.717) is 17.0 Å². The van der Waals surface area contributed by atoms with Crippen LogP contribution in [0.25, 0.3) is 22.6 Å². The minimum atomic E-state index is -0.727. The van der Waals surface area contributed by atoms with E-state index >= 15 is 0 Å². The van der Waals surface area contributed by atoms with Crippen LogP contribution in [0.3, 0.4) is 0 Å². The highest BCUT2D eigenvalue weighted by Gasteiger charge is 2.20. The van der Waals surface area contributed by atoms with Crippen molar-refractivity contribution in [3.05, 3.63) is 40.7 Å². The van der Waals surface area contributed by atoms with Gasteiger partial charge in [0.05, 0.1) is 0 Å². The van der Waals surface area contributed by atoms with Gasteiger partial charge in [-0.3, -0.25) is 14.3 Å². The Morgan fingerprint density at radius 1 is 1.36 bits per heavy atom. The third-order valence-corrected chi connectivity index (χ3v) is 3.24. The molecule has 0 aromatic carbocycles. The number of aromatic nitrogens is 5. The first-order valence-corrected chi connectivity index (χ1v) is 6.71. The maximum Gasteiger partial charge on any atom is 0.327 e. The van der Waals surface area contributed by atoms with Crippen molar-refractivity contribution in [2.45, 2.75) is 19.9 Å². The van der Waals surface area contributed by atoms with E-state index in [4.69, 9.17) is 5.73 Å². The van der Waals surface area contributed by atoms with Gasteiger partial charge in [0.2, 0.25) is 0 Å². The number of nitrogens with zero attached hydrogens (tertiary/aromatic N) is 4. The number of hydrogen-bond donors (Lipinski definition) is 2. The molecule has 3 rings (SSSR count). The molecule has 0 radical (unpaired) electrons. The number of fused-ring (bicyclic) bond motifs is 1. The molecular weight excluding hydrogens is 284 g/mol. The largest absolute Gasteiger partial charge is 0.364 e. The van der Waals surface area contributed by atoms with Crippen LogP contribution in [0.1, 0.15) is 30.4 Å². The first kappa shape index (κ1) is 13.9. The van der Waals surface area contributed by atoms with Gasteiger partial charge in [0.25, 0.3) is 5.91 Å². The predicted octanol–water partition coefficient (Wildman–Crippen LogP) is 0.861. The van der Waals surface area contributed by atoms with Crippen LogP contribution >= 0.6 is 0 Å². The van der Waals surface area contributed by atoms with Crippen molar-refractivity contribution in [2.24, 2.45) is 5.73 Å². The zero-order valence-electron chi connectivity index (χ0n) is 12.1. The van der Waals surface area contributed by atoms with E-state index in [-0.39, 0.29) is 22.9 Å². The van der Waals surface area contributed by atoms with Crippen molar-refractivity contribution in [3.63, 3.8) is 0 Å². The molecule has 3 aromatic rings. The molecule has 0 saturated heterocycles. The smallest absolute Gasteiger partial charge is 0.327 e. The number of hydrogen-bond acceptors (Lipinski definition) is 5. The average molecular weight is 298 g/mol. The maximum absolute atomic E-state index is 12.1. The molecule has 3 heterocycles. The van der Waals surface area contributed by atoms with Crippen molar-refractivity contribution in [2.75, 3.05) is 0 Å². The van der Waals surface area contributed by atoms with Gasteiger partial charge in [0, 0.05) is 24.0 Å². The first-order chi connectivity index (χ1) is 10.5. The van der Waals surface area contributed by atoms with Gasteiger partial charge in [-0.1, -0.05) is 0 Å². The molecule has 112 valence electrons. The molecule has 0 unspecified atom stereocenters. The van der Waals surface area contributed by atoms with Gasteiger partial charge in [-0.25, -0.2) is 14.8 Å². The highest BCUT2D eigenvalue weighted by Crippen LogP contribution is 2.20. The Bertz CT molecular complexity index is 910. The number of H-pyrrole nitrogens is 1. The number of primary amides is 1. The van der Waals surface area contributed by atoms with Crippen molar-refractivity contribution >= 4 is 17.1 Å². The number of pyridine rings is 1. The Hall–Kier alpha value is -3.03. The van der Waals surface area contributed by atoms with E-state index in [0.717, 1.165) is 0 Å². The van der Waals surface area contributed by atoms with Crippen LogP contribution in [-0.2, 0) is 0 Å². The lowest BCUT2D eigenvalue weighted by Gasteiger charge is -2.08. The molecular formula is C14H14N6O2. The summed E-state index contributed by atoms with van der Waals surface area (Å²) in [6.07, 6.45) is 3.20. The summed E-state index contributed by atoms with van der Waals surface area (Å²) in [4.78, 5) is 38.9. The molecule has 0 saturated carbocycles. The lowest BCUT2D eigenvalue weighted by Crippen LogP contribution is -2.18. The quantitative estimate of drug-likeness (QED) is 0.743. The fourth-order valence-corrected chi connectivity index (χ4v) is 2.28. The molecule has 0 aliphatic heterocycles. The molecule has 0 atom stereocenters. The number of carbonyl (C=O) groups excluding carboxylic acids is 1. The van der Waals surface area contributed by atoms with Crippen LogP contribution in [0.5, 0.6) is 0 Å². The van der Waals surface area contributed by atoms with E-state index in [1.807, 2.05) is 13.8 Å². The minimum Gasteiger partial charge on any atom is -0.364 e. The van der Waals surface area contributed by atoms with Crippen LogP contribution in [0.2, 0.25) is 0 Å².